The van der Waals surface area contributed by atoms with Crippen LogP contribution in [0.5, 0.6) is 0 Å². The van der Waals surface area contributed by atoms with Gasteiger partial charge in [0.25, 0.3) is 17.5 Å². The Bertz CT molecular complexity index is 1420. The van der Waals surface area contributed by atoms with Crippen LogP contribution in [0.15, 0.2) is 36.5 Å². The number of amides is 2. The number of non-ortho nitro benzene ring substituents is 1. The largest absolute Gasteiger partial charge is 2.00 e. The van der Waals surface area contributed by atoms with Crippen molar-refractivity contribution in [1.82, 2.24) is 15.3 Å². The van der Waals surface area contributed by atoms with Crippen molar-refractivity contribution in [2.24, 2.45) is 0 Å². The van der Waals surface area contributed by atoms with Crippen LogP contribution in [-0.2, 0) is 24.1 Å². The maximum atomic E-state index is 12.4. The number of imide groups is 1. The molecule has 34 heavy (non-hydrogen) atoms. The third kappa shape index (κ3) is 4.48. The summed E-state index contributed by atoms with van der Waals surface area (Å²) in [6.07, 6.45) is 9.07. The summed E-state index contributed by atoms with van der Waals surface area (Å²) in [4.78, 5) is 44.1. The minimum atomic E-state index is -0.531. The van der Waals surface area contributed by atoms with E-state index in [2.05, 4.69) is 21.9 Å². The summed E-state index contributed by atoms with van der Waals surface area (Å²) < 4.78 is 7.50. The molecule has 1 aliphatic carbocycles. The number of nitro groups is 1. The third-order valence-corrected chi connectivity index (χ3v) is 5.66. The summed E-state index contributed by atoms with van der Waals surface area (Å²) in [5, 5.41) is 14.8. The quantitative estimate of drug-likeness (QED) is 0.0923. The number of carbonyl (C=O) groups is 2. The molecule has 0 spiro atoms. The predicted octanol–water partition coefficient (Wildman–Crippen LogP) is 4.65. The Labute approximate surface area is 207 Å². The van der Waals surface area contributed by atoms with Gasteiger partial charge in [0.15, 0.2) is 0 Å². The van der Waals surface area contributed by atoms with Gasteiger partial charge < -0.3 is 12.4 Å². The van der Waals surface area contributed by atoms with Gasteiger partial charge in [-0.15, -0.1) is 11.0 Å². The molecular weight excluding hydrogens is 525 g/mol. The number of pyridine rings is 1. The van der Waals surface area contributed by atoms with Crippen LogP contribution in [0.25, 0.3) is 32.7 Å². The topological polar surface area (TPSA) is 136 Å². The van der Waals surface area contributed by atoms with Gasteiger partial charge in [0.05, 0.1) is 21.6 Å². The number of carbonyl (C=O) groups excluding carboxylic acids is 2. The van der Waals surface area contributed by atoms with Crippen molar-refractivity contribution in [2.45, 2.75) is 32.1 Å². The molecule has 6 rings (SSSR count). The fourth-order valence-corrected chi connectivity index (χ4v) is 4.29. The number of rotatable bonds is 1. The fourth-order valence-electron chi connectivity index (χ4n) is 4.29. The van der Waals surface area contributed by atoms with Gasteiger partial charge in [0.1, 0.15) is 0 Å². The van der Waals surface area contributed by atoms with E-state index in [1.807, 2.05) is 0 Å². The van der Waals surface area contributed by atoms with Gasteiger partial charge in [-0.2, -0.15) is 0 Å². The average molecular weight is 546 g/mol. The molecule has 1 aliphatic heterocycles. The standard InChI is InChI=1S/C17H8N4O4.C5H10.CO.CH3.Ru/c22-16-12-8-2-1-5-18-14(8)15-11(13(12)17(23)20-16)9-6-7(21(24)25)3-4-10(9)19-15;1-2-4-5-3-1;1-2;;/h1-6H,(H2,18,19,20,22,23);1-5H2;;1H3;/q;;;-1;+2/p-1. The van der Waals surface area contributed by atoms with E-state index in [4.69, 9.17) is 4.65 Å². The van der Waals surface area contributed by atoms with Crippen LogP contribution in [0, 0.1) is 24.2 Å². The van der Waals surface area contributed by atoms with Crippen molar-refractivity contribution in [2.75, 3.05) is 0 Å². The third-order valence-electron chi connectivity index (χ3n) is 5.66. The molecule has 2 aromatic heterocycles. The van der Waals surface area contributed by atoms with Gasteiger partial charge in [-0.05, 0) is 16.8 Å². The molecule has 0 unspecified atom stereocenters. The summed E-state index contributed by atoms with van der Waals surface area (Å²) in [6, 6.07) is 7.65. The normalized spacial score (nSPS) is 13.6. The van der Waals surface area contributed by atoms with Crippen molar-refractivity contribution in [3.63, 3.8) is 0 Å². The van der Waals surface area contributed by atoms with E-state index in [0.717, 1.165) is 0 Å². The molecule has 1 fully saturated rings. The van der Waals surface area contributed by atoms with Crippen LogP contribution in [0.3, 0.4) is 0 Å². The van der Waals surface area contributed by atoms with Crippen LogP contribution in [0.1, 0.15) is 52.8 Å². The maximum absolute atomic E-state index is 12.4. The Morgan fingerprint density at radius 3 is 2.24 bits per heavy atom. The second-order valence-electron chi connectivity index (χ2n) is 7.49. The minimum absolute atomic E-state index is 0. The van der Waals surface area contributed by atoms with E-state index < -0.39 is 16.7 Å². The number of benzene rings is 2. The Morgan fingerprint density at radius 1 is 1.00 bits per heavy atom. The molecule has 3 heterocycles. The van der Waals surface area contributed by atoms with Gasteiger partial charge in [-0.25, -0.2) is 0 Å². The molecule has 2 amide bonds. The molecule has 0 atom stereocenters. The molecule has 1 N–H and O–H groups in total. The summed E-state index contributed by atoms with van der Waals surface area (Å²) in [5.41, 5.74) is 1.77. The van der Waals surface area contributed by atoms with Crippen molar-refractivity contribution < 1.29 is 38.6 Å². The van der Waals surface area contributed by atoms with Crippen LogP contribution in [0.2, 0.25) is 0 Å². The molecule has 10 heteroatoms. The molecule has 0 bridgehead atoms. The first-order valence-electron chi connectivity index (χ1n) is 10.1. The molecule has 174 valence electrons. The second kappa shape index (κ2) is 11.1. The number of hydrogen-bond acceptors (Lipinski definition) is 5. The number of aromatic nitrogens is 2. The second-order valence-corrected chi connectivity index (χ2v) is 7.49. The van der Waals surface area contributed by atoms with E-state index in [1.165, 1.54) is 50.3 Å². The first kappa shape index (κ1) is 26.8. The van der Waals surface area contributed by atoms with Gasteiger partial charge in [0, 0.05) is 23.7 Å². The van der Waals surface area contributed by atoms with Crippen LogP contribution >= 0.6 is 0 Å². The van der Waals surface area contributed by atoms with E-state index in [0.29, 0.717) is 32.7 Å². The molecule has 1 saturated carbocycles. The van der Waals surface area contributed by atoms with Crippen molar-refractivity contribution >= 4 is 50.2 Å². The Kier molecular flexibility index (Phi) is 8.76. The van der Waals surface area contributed by atoms with Crippen LogP contribution in [0.4, 0.5) is 5.69 Å². The Hall–Kier alpha value is -3.45. The van der Waals surface area contributed by atoms with Gasteiger partial charge in [0.2, 0.25) is 0 Å². The summed E-state index contributed by atoms with van der Waals surface area (Å²) in [5.74, 6) is -1.03. The van der Waals surface area contributed by atoms with E-state index in [1.54, 1.807) is 18.3 Å². The smallest absolute Gasteiger partial charge is 0.358 e. The van der Waals surface area contributed by atoms with Crippen LogP contribution in [-0.4, -0.2) is 21.7 Å². The SMILES string of the molecule is C1CCCC1.O=C1NC(=O)c2c1c1cccnc1c1[n-]c3ccc([N+](=O)[O-])cc3c21.[C-]#[O+].[CH3-].[Ru+2]. The van der Waals surface area contributed by atoms with Crippen LogP contribution < -0.4 is 10.3 Å². The molecule has 4 aromatic rings. The molecule has 0 radical (unpaired) electrons. The number of fused-ring (bicyclic) bond motifs is 8. The van der Waals surface area contributed by atoms with Crippen molar-refractivity contribution in [3.05, 3.63) is 71.8 Å². The number of nitrogens with one attached hydrogen (secondary N) is 1. The van der Waals surface area contributed by atoms with Gasteiger partial charge >= 0.3 is 30.8 Å². The average Bonchev–Trinajstić information content (AvgIpc) is 3.55. The Balaban J connectivity index is 0.000000400. The zero-order chi connectivity index (χ0) is 22.8. The molecule has 9 nitrogen and oxygen atoms in total. The van der Waals surface area contributed by atoms with Gasteiger partial charge in [-0.1, -0.05) is 44.2 Å². The molecular formula is C24H20N4O5Ru. The van der Waals surface area contributed by atoms with E-state index in [9.17, 15) is 19.7 Å². The Morgan fingerprint density at radius 2 is 1.62 bits per heavy atom. The first-order chi connectivity index (χ1) is 15.6. The fraction of sp³-hybridized carbons (Fsp3) is 0.208. The summed E-state index contributed by atoms with van der Waals surface area (Å²) >= 11 is 0. The van der Waals surface area contributed by atoms with Gasteiger partial charge in [-0.3, -0.25) is 30.0 Å². The zero-order valence-electron chi connectivity index (χ0n) is 18.2. The first-order valence-corrected chi connectivity index (χ1v) is 10.1. The zero-order valence-corrected chi connectivity index (χ0v) is 20.0. The van der Waals surface area contributed by atoms with E-state index >= 15 is 0 Å². The number of hydrogen-bond donors (Lipinski definition) is 1. The van der Waals surface area contributed by atoms with Crippen molar-refractivity contribution in [3.8, 4) is 0 Å². The monoisotopic (exact) mass is 546 g/mol. The molecule has 0 saturated heterocycles. The molecule has 2 aromatic carbocycles. The maximum Gasteiger partial charge on any atom is 2.00 e. The predicted molar refractivity (Wildman–Crippen MR) is 122 cm³/mol. The summed E-state index contributed by atoms with van der Waals surface area (Å²) in [6.45, 7) is 4.50. The number of nitro benzene ring substituents is 1. The summed E-state index contributed by atoms with van der Waals surface area (Å²) in [7, 11) is 0. The minimum Gasteiger partial charge on any atom is -0.358 e. The molecule has 2 aliphatic rings. The number of nitrogens with zero attached hydrogens (tertiary/aromatic N) is 3. The van der Waals surface area contributed by atoms with Crippen molar-refractivity contribution in [1.29, 1.82) is 0 Å². The van der Waals surface area contributed by atoms with E-state index in [-0.39, 0.29) is 43.7 Å².